The topological polar surface area (TPSA) is 54.9 Å². The molecule has 0 radical (unpaired) electrons. The van der Waals surface area contributed by atoms with Gasteiger partial charge in [0.25, 0.3) is 5.91 Å². The first-order valence-corrected chi connectivity index (χ1v) is 10.8. The molecule has 28 heavy (non-hydrogen) atoms. The minimum absolute atomic E-state index is 0.0470. The molecule has 0 aliphatic rings. The Morgan fingerprint density at radius 2 is 1.86 bits per heavy atom. The molecule has 0 spiro atoms. The molecule has 4 aromatic rings. The van der Waals surface area contributed by atoms with Crippen LogP contribution in [0.15, 0.2) is 77.4 Å². The van der Waals surface area contributed by atoms with Gasteiger partial charge in [0.15, 0.2) is 4.34 Å². The lowest BCUT2D eigenvalue weighted by molar-refractivity contribution is 0.0954. The SMILES string of the molecule is O=C(NCCc1cccnc1)c1ccc(CSc2nc3ccccc3s2)cc1. The van der Waals surface area contributed by atoms with Crippen LogP contribution < -0.4 is 5.32 Å². The number of thioether (sulfide) groups is 1. The Morgan fingerprint density at radius 3 is 2.64 bits per heavy atom. The molecule has 0 saturated heterocycles. The number of hydrogen-bond donors (Lipinski definition) is 1. The van der Waals surface area contributed by atoms with Gasteiger partial charge in [-0.05, 0) is 47.9 Å². The summed E-state index contributed by atoms with van der Waals surface area (Å²) < 4.78 is 2.28. The summed E-state index contributed by atoms with van der Waals surface area (Å²) in [5.41, 5.74) is 4.02. The van der Waals surface area contributed by atoms with E-state index in [0.717, 1.165) is 27.6 Å². The van der Waals surface area contributed by atoms with Crippen LogP contribution in [0.3, 0.4) is 0 Å². The Balaban J connectivity index is 1.28. The zero-order chi connectivity index (χ0) is 19.2. The lowest BCUT2D eigenvalue weighted by Crippen LogP contribution is -2.25. The molecule has 0 atom stereocenters. The van der Waals surface area contributed by atoms with Crippen molar-refractivity contribution < 1.29 is 4.79 Å². The zero-order valence-electron chi connectivity index (χ0n) is 15.2. The lowest BCUT2D eigenvalue weighted by atomic mass is 10.1. The molecule has 4 nitrogen and oxygen atoms in total. The Kier molecular flexibility index (Phi) is 5.99. The van der Waals surface area contributed by atoms with Crippen LogP contribution in [0.4, 0.5) is 0 Å². The second kappa shape index (κ2) is 8.99. The minimum atomic E-state index is -0.0470. The van der Waals surface area contributed by atoms with Crippen LogP contribution in [-0.2, 0) is 12.2 Å². The Morgan fingerprint density at radius 1 is 1.00 bits per heavy atom. The standard InChI is InChI=1S/C22H19N3OS2/c26-21(24-13-11-16-4-3-12-23-14-16)18-9-7-17(8-10-18)15-27-22-25-19-5-1-2-6-20(19)28-22/h1-10,12,14H,11,13,15H2,(H,24,26). The molecule has 1 amide bonds. The number of nitrogens with one attached hydrogen (secondary N) is 1. The largest absolute Gasteiger partial charge is 0.352 e. The van der Waals surface area contributed by atoms with Gasteiger partial charge in [0.1, 0.15) is 0 Å². The predicted octanol–water partition coefficient (Wildman–Crippen LogP) is 4.96. The number of nitrogens with zero attached hydrogens (tertiary/aromatic N) is 2. The second-order valence-electron chi connectivity index (χ2n) is 6.30. The van der Waals surface area contributed by atoms with Crippen molar-refractivity contribution in [2.75, 3.05) is 6.54 Å². The highest BCUT2D eigenvalue weighted by Crippen LogP contribution is 2.31. The van der Waals surface area contributed by atoms with Gasteiger partial charge in [0.05, 0.1) is 10.2 Å². The maximum absolute atomic E-state index is 12.3. The maximum Gasteiger partial charge on any atom is 0.251 e. The van der Waals surface area contributed by atoms with Crippen LogP contribution in [0.1, 0.15) is 21.5 Å². The summed E-state index contributed by atoms with van der Waals surface area (Å²) in [4.78, 5) is 21.0. The summed E-state index contributed by atoms with van der Waals surface area (Å²) in [6.45, 7) is 0.597. The number of pyridine rings is 1. The quantitative estimate of drug-likeness (QED) is 0.442. The molecular formula is C22H19N3OS2. The average Bonchev–Trinajstić information content (AvgIpc) is 3.16. The average molecular weight is 406 g/mol. The Labute approximate surface area is 172 Å². The van der Waals surface area contributed by atoms with Gasteiger partial charge >= 0.3 is 0 Å². The lowest BCUT2D eigenvalue weighted by Gasteiger charge is -2.06. The molecule has 2 heterocycles. The van der Waals surface area contributed by atoms with E-state index in [9.17, 15) is 4.79 Å². The summed E-state index contributed by atoms with van der Waals surface area (Å²) >= 11 is 3.44. The number of para-hydroxylation sites is 1. The number of benzene rings is 2. The smallest absolute Gasteiger partial charge is 0.251 e. The van der Waals surface area contributed by atoms with E-state index in [0.29, 0.717) is 12.1 Å². The fourth-order valence-corrected chi connectivity index (χ4v) is 4.80. The van der Waals surface area contributed by atoms with Crippen molar-refractivity contribution in [3.8, 4) is 0 Å². The maximum atomic E-state index is 12.3. The van der Waals surface area contributed by atoms with Gasteiger partial charge in [-0.3, -0.25) is 9.78 Å². The molecule has 4 rings (SSSR count). The molecule has 2 aromatic heterocycles. The van der Waals surface area contributed by atoms with E-state index in [2.05, 4.69) is 21.4 Å². The zero-order valence-corrected chi connectivity index (χ0v) is 16.8. The van der Waals surface area contributed by atoms with Crippen LogP contribution in [0.2, 0.25) is 0 Å². The third-order valence-corrected chi connectivity index (χ3v) is 6.53. The molecule has 0 saturated carbocycles. The first-order valence-electron chi connectivity index (χ1n) is 9.02. The van der Waals surface area contributed by atoms with Gasteiger partial charge in [-0.15, -0.1) is 11.3 Å². The van der Waals surface area contributed by atoms with E-state index in [1.54, 1.807) is 29.3 Å². The van der Waals surface area contributed by atoms with E-state index in [1.165, 1.54) is 10.3 Å². The van der Waals surface area contributed by atoms with Crippen molar-refractivity contribution in [3.63, 3.8) is 0 Å². The number of amides is 1. The number of hydrogen-bond acceptors (Lipinski definition) is 5. The van der Waals surface area contributed by atoms with Crippen molar-refractivity contribution in [1.82, 2.24) is 15.3 Å². The summed E-state index contributed by atoms with van der Waals surface area (Å²) in [5.74, 6) is 0.789. The molecule has 2 aromatic carbocycles. The summed E-state index contributed by atoms with van der Waals surface area (Å²) in [6.07, 6.45) is 4.35. The molecule has 0 aliphatic heterocycles. The van der Waals surface area contributed by atoms with Crippen LogP contribution in [0.5, 0.6) is 0 Å². The fourth-order valence-electron chi connectivity index (χ4n) is 2.78. The summed E-state index contributed by atoms with van der Waals surface area (Å²) in [5, 5.41) is 2.96. The van der Waals surface area contributed by atoms with Gasteiger partial charge < -0.3 is 5.32 Å². The van der Waals surface area contributed by atoms with E-state index in [1.807, 2.05) is 60.8 Å². The van der Waals surface area contributed by atoms with E-state index in [4.69, 9.17) is 0 Å². The van der Waals surface area contributed by atoms with Crippen LogP contribution in [-0.4, -0.2) is 22.4 Å². The molecule has 0 bridgehead atoms. The van der Waals surface area contributed by atoms with Crippen molar-refractivity contribution in [3.05, 3.63) is 89.7 Å². The first-order chi connectivity index (χ1) is 13.8. The third kappa shape index (κ3) is 4.77. The monoisotopic (exact) mass is 405 g/mol. The molecule has 1 N–H and O–H groups in total. The molecule has 0 fully saturated rings. The Bertz CT molecular complexity index is 1030. The number of thiazole rings is 1. The van der Waals surface area contributed by atoms with Crippen molar-refractivity contribution >= 4 is 39.2 Å². The number of aromatic nitrogens is 2. The van der Waals surface area contributed by atoms with E-state index >= 15 is 0 Å². The predicted molar refractivity (Wildman–Crippen MR) is 116 cm³/mol. The van der Waals surface area contributed by atoms with Crippen molar-refractivity contribution in [2.24, 2.45) is 0 Å². The number of carbonyl (C=O) groups is 1. The number of rotatable bonds is 7. The van der Waals surface area contributed by atoms with Gasteiger partial charge in [0.2, 0.25) is 0 Å². The van der Waals surface area contributed by atoms with Gasteiger partial charge in [0, 0.05) is 30.3 Å². The normalized spacial score (nSPS) is 10.9. The molecule has 0 unspecified atom stereocenters. The van der Waals surface area contributed by atoms with Crippen molar-refractivity contribution in [1.29, 1.82) is 0 Å². The highest BCUT2D eigenvalue weighted by Gasteiger charge is 2.07. The molecule has 6 heteroatoms. The van der Waals surface area contributed by atoms with E-state index < -0.39 is 0 Å². The molecular weight excluding hydrogens is 386 g/mol. The third-order valence-electron chi connectivity index (χ3n) is 4.27. The van der Waals surface area contributed by atoms with Crippen LogP contribution >= 0.6 is 23.1 Å². The Hall–Kier alpha value is -2.70. The van der Waals surface area contributed by atoms with Crippen LogP contribution in [0, 0.1) is 0 Å². The number of carbonyl (C=O) groups excluding carboxylic acids is 1. The second-order valence-corrected chi connectivity index (χ2v) is 8.55. The van der Waals surface area contributed by atoms with Gasteiger partial charge in [-0.25, -0.2) is 4.98 Å². The summed E-state index contributed by atoms with van der Waals surface area (Å²) in [7, 11) is 0. The van der Waals surface area contributed by atoms with Gasteiger partial charge in [-0.1, -0.05) is 42.1 Å². The fraction of sp³-hybridized carbons (Fsp3) is 0.136. The van der Waals surface area contributed by atoms with Gasteiger partial charge in [-0.2, -0.15) is 0 Å². The summed E-state index contributed by atoms with van der Waals surface area (Å²) in [6, 6.07) is 19.9. The molecule has 140 valence electrons. The van der Waals surface area contributed by atoms with E-state index in [-0.39, 0.29) is 5.91 Å². The van der Waals surface area contributed by atoms with Crippen LogP contribution in [0.25, 0.3) is 10.2 Å². The van der Waals surface area contributed by atoms with Crippen molar-refractivity contribution in [2.45, 2.75) is 16.5 Å². The minimum Gasteiger partial charge on any atom is -0.352 e. The highest BCUT2D eigenvalue weighted by molar-refractivity contribution is 8.00. The first kappa shape index (κ1) is 18.7. The molecule has 0 aliphatic carbocycles. The number of fused-ring (bicyclic) bond motifs is 1. The highest BCUT2D eigenvalue weighted by atomic mass is 32.2.